The number of alkyl halides is 3. The van der Waals surface area contributed by atoms with Crippen LogP contribution in [0.1, 0.15) is 38.6 Å². The Morgan fingerprint density at radius 1 is 1.11 bits per heavy atom. The van der Waals surface area contributed by atoms with Gasteiger partial charge in [0.1, 0.15) is 23.9 Å². The van der Waals surface area contributed by atoms with Gasteiger partial charge in [-0.2, -0.15) is 13.2 Å². The summed E-state index contributed by atoms with van der Waals surface area (Å²) in [7, 11) is 0. The molecule has 250 valence electrons. The quantitative estimate of drug-likeness (QED) is 0.232. The highest BCUT2D eigenvalue weighted by Gasteiger charge is 2.54. The van der Waals surface area contributed by atoms with Gasteiger partial charge in [-0.3, -0.25) is 9.58 Å². The first-order valence-corrected chi connectivity index (χ1v) is 15.9. The average Bonchev–Trinajstić information content (AvgIpc) is 3.66. The topological polar surface area (TPSA) is 130 Å². The van der Waals surface area contributed by atoms with Gasteiger partial charge in [-0.1, -0.05) is 17.7 Å². The second kappa shape index (κ2) is 12.9. The number of halogens is 4. The Labute approximate surface area is 273 Å². The van der Waals surface area contributed by atoms with E-state index in [-0.39, 0.29) is 35.1 Å². The number of ether oxygens (including phenoxy) is 3. The third-order valence-electron chi connectivity index (χ3n) is 8.89. The number of hydrogen-bond acceptors (Lipinski definition) is 11. The van der Waals surface area contributed by atoms with Gasteiger partial charge in [0.2, 0.25) is 5.95 Å². The molecule has 17 heteroatoms. The van der Waals surface area contributed by atoms with Crippen molar-refractivity contribution in [3.63, 3.8) is 0 Å². The number of nitrogens with one attached hydrogen (secondary N) is 1. The van der Waals surface area contributed by atoms with E-state index < -0.39 is 12.8 Å². The van der Waals surface area contributed by atoms with Crippen molar-refractivity contribution in [3.05, 3.63) is 48.1 Å². The van der Waals surface area contributed by atoms with E-state index in [0.717, 1.165) is 57.6 Å². The smallest absolute Gasteiger partial charge is 0.422 e. The Hall–Kier alpha value is -4.02. The number of anilines is 2. The average molecular weight is 675 g/mol. The number of nitrogens with zero attached hydrogens (tertiary/aromatic N) is 9. The minimum atomic E-state index is -4.51. The van der Waals surface area contributed by atoms with Crippen LogP contribution in [0, 0.1) is 5.41 Å². The lowest BCUT2D eigenvalue weighted by atomic mass is 9.60. The largest absolute Gasteiger partial charge is 0.487 e. The van der Waals surface area contributed by atoms with Crippen molar-refractivity contribution in [1.82, 2.24) is 44.9 Å². The number of aromatic nitrogens is 8. The van der Waals surface area contributed by atoms with E-state index in [1.807, 2.05) is 13.0 Å². The summed E-state index contributed by atoms with van der Waals surface area (Å²) < 4.78 is 59.1. The zero-order chi connectivity index (χ0) is 32.6. The molecule has 0 radical (unpaired) electrons. The van der Waals surface area contributed by atoms with Crippen LogP contribution >= 0.6 is 11.6 Å². The zero-order valence-electron chi connectivity index (χ0n) is 25.6. The summed E-state index contributed by atoms with van der Waals surface area (Å²) in [6.07, 6.45) is 5.57. The van der Waals surface area contributed by atoms with Crippen LogP contribution in [0.3, 0.4) is 0 Å². The molecule has 47 heavy (non-hydrogen) atoms. The minimum Gasteiger partial charge on any atom is -0.487 e. The van der Waals surface area contributed by atoms with E-state index in [0.29, 0.717) is 28.9 Å². The number of likely N-dealkylation sites (tertiary alicyclic amines) is 1. The SMILES string of the molecule is CC(Cn1cnnn1)Oc1cc(-c2cnc(Nc3cn(C4CC5(C4)CN(C4CCOCC4)C5)nc3OCC(F)(F)F)nc2)ccc1Cl. The summed E-state index contributed by atoms with van der Waals surface area (Å²) >= 11 is 6.39. The zero-order valence-corrected chi connectivity index (χ0v) is 26.4. The molecular formula is C30H34ClF3N10O3. The third-order valence-corrected chi connectivity index (χ3v) is 9.21. The Kier molecular flexibility index (Phi) is 8.65. The molecule has 1 atom stereocenters. The summed E-state index contributed by atoms with van der Waals surface area (Å²) in [5, 5.41) is 18.9. The van der Waals surface area contributed by atoms with Crippen LogP contribution in [0.25, 0.3) is 11.1 Å². The van der Waals surface area contributed by atoms with Gasteiger partial charge in [-0.15, -0.1) is 10.2 Å². The maximum Gasteiger partial charge on any atom is 0.422 e. The predicted molar refractivity (Wildman–Crippen MR) is 164 cm³/mol. The van der Waals surface area contributed by atoms with Crippen LogP contribution in [-0.4, -0.2) is 96.1 Å². The molecule has 1 aromatic carbocycles. The Morgan fingerprint density at radius 2 is 1.87 bits per heavy atom. The molecule has 3 aliphatic rings. The van der Waals surface area contributed by atoms with E-state index in [2.05, 4.69) is 40.8 Å². The highest BCUT2D eigenvalue weighted by Crippen LogP contribution is 2.55. The normalized spacial score (nSPS) is 19.3. The third kappa shape index (κ3) is 7.28. The fourth-order valence-corrected chi connectivity index (χ4v) is 6.79. The molecule has 4 aromatic rings. The van der Waals surface area contributed by atoms with E-state index in [1.54, 1.807) is 40.1 Å². The first kappa shape index (κ1) is 31.6. The molecule has 0 amide bonds. The maximum atomic E-state index is 13.1. The fourth-order valence-electron chi connectivity index (χ4n) is 6.63. The van der Waals surface area contributed by atoms with Gasteiger partial charge in [0, 0.05) is 50.3 Å². The van der Waals surface area contributed by atoms with E-state index in [4.69, 9.17) is 25.8 Å². The molecule has 3 fully saturated rings. The molecule has 5 heterocycles. The van der Waals surface area contributed by atoms with Gasteiger partial charge in [-0.25, -0.2) is 14.6 Å². The second-order valence-electron chi connectivity index (χ2n) is 12.6. The molecule has 3 aromatic heterocycles. The molecule has 0 bridgehead atoms. The van der Waals surface area contributed by atoms with E-state index >= 15 is 0 Å². The van der Waals surface area contributed by atoms with Crippen molar-refractivity contribution >= 4 is 23.2 Å². The van der Waals surface area contributed by atoms with Crippen molar-refractivity contribution in [1.29, 1.82) is 0 Å². The van der Waals surface area contributed by atoms with Crippen molar-refractivity contribution in [3.8, 4) is 22.8 Å². The van der Waals surface area contributed by atoms with E-state index in [9.17, 15) is 13.2 Å². The van der Waals surface area contributed by atoms with Crippen molar-refractivity contribution in [2.75, 3.05) is 38.2 Å². The van der Waals surface area contributed by atoms with E-state index in [1.165, 1.54) is 6.33 Å². The second-order valence-corrected chi connectivity index (χ2v) is 13.0. The van der Waals surface area contributed by atoms with Gasteiger partial charge in [0.15, 0.2) is 6.61 Å². The lowest BCUT2D eigenvalue weighted by molar-refractivity contribution is -0.154. The highest BCUT2D eigenvalue weighted by atomic mass is 35.5. The van der Waals surface area contributed by atoms with Crippen molar-refractivity contribution < 1.29 is 27.4 Å². The first-order valence-electron chi connectivity index (χ1n) is 15.5. The minimum absolute atomic E-state index is 0.0795. The molecule has 2 aliphatic heterocycles. The number of rotatable bonds is 11. The van der Waals surface area contributed by atoms with Crippen molar-refractivity contribution in [2.45, 2.75) is 63.5 Å². The van der Waals surface area contributed by atoms with Gasteiger partial charge < -0.3 is 19.5 Å². The summed E-state index contributed by atoms with van der Waals surface area (Å²) in [6.45, 7) is 4.56. The van der Waals surface area contributed by atoms with Crippen molar-refractivity contribution in [2.24, 2.45) is 5.41 Å². The van der Waals surface area contributed by atoms with Crippen LogP contribution in [-0.2, 0) is 11.3 Å². The van der Waals surface area contributed by atoms with Crippen LogP contribution in [0.4, 0.5) is 24.8 Å². The maximum absolute atomic E-state index is 13.1. The van der Waals surface area contributed by atoms with Gasteiger partial charge in [0.05, 0.1) is 23.8 Å². The molecular weight excluding hydrogens is 641 g/mol. The van der Waals surface area contributed by atoms with Crippen LogP contribution < -0.4 is 14.8 Å². The number of benzene rings is 1. The monoisotopic (exact) mass is 674 g/mol. The molecule has 1 aliphatic carbocycles. The molecule has 1 N–H and O–H groups in total. The standard InChI is InChI=1S/C30H34ClF3N10O3/c1-19(13-43-18-37-40-41-43)47-26-8-20(2-3-24(26)31)21-11-35-28(36-12-21)38-25-14-44(39-27(25)46-17-30(32,33)34)23-9-29(10-23)15-42(16-29)22-4-6-45-7-5-22/h2-3,8,11-12,14,18-19,22-23H,4-7,9-10,13,15-17H2,1H3,(H,35,36,38). The summed E-state index contributed by atoms with van der Waals surface area (Å²) in [4.78, 5) is 11.3. The molecule has 13 nitrogen and oxygen atoms in total. The number of tetrazole rings is 1. The predicted octanol–water partition coefficient (Wildman–Crippen LogP) is 4.95. The Bertz CT molecular complexity index is 1650. The van der Waals surface area contributed by atoms with Gasteiger partial charge >= 0.3 is 6.18 Å². The highest BCUT2D eigenvalue weighted by molar-refractivity contribution is 6.32. The summed E-state index contributed by atoms with van der Waals surface area (Å²) in [5.74, 6) is 0.507. The van der Waals surface area contributed by atoms with Crippen LogP contribution in [0.5, 0.6) is 11.6 Å². The molecule has 1 unspecified atom stereocenters. The molecule has 1 saturated carbocycles. The molecule has 7 rings (SSSR count). The van der Waals surface area contributed by atoms with Crippen LogP contribution in [0.2, 0.25) is 5.02 Å². The Balaban J connectivity index is 1.01. The first-order chi connectivity index (χ1) is 22.6. The summed E-state index contributed by atoms with van der Waals surface area (Å²) in [5.41, 5.74) is 1.95. The fraction of sp³-hybridized carbons (Fsp3) is 0.533. The number of hydrogen-bond donors (Lipinski definition) is 1. The Morgan fingerprint density at radius 3 is 2.57 bits per heavy atom. The lowest BCUT2D eigenvalue weighted by Crippen LogP contribution is -2.65. The lowest BCUT2D eigenvalue weighted by Gasteiger charge is -2.61. The summed E-state index contributed by atoms with van der Waals surface area (Å²) in [6, 6.07) is 5.98. The molecule has 2 saturated heterocycles. The van der Waals surface area contributed by atoms with Gasteiger partial charge in [-0.05, 0) is 66.1 Å². The van der Waals surface area contributed by atoms with Crippen LogP contribution in [0.15, 0.2) is 43.1 Å². The molecule has 1 spiro atoms. The van der Waals surface area contributed by atoms with Gasteiger partial charge in [0.25, 0.3) is 5.88 Å².